The first-order chi connectivity index (χ1) is 31.8. The quantitative estimate of drug-likeness (QED) is 0.0906. The Morgan fingerprint density at radius 3 is 0.243 bits per heavy atom. The number of hydrogen-bond donors (Lipinski definition) is 0. The van der Waals surface area contributed by atoms with Gasteiger partial charge in [-0.25, -0.2) is 132 Å². The molecule has 373 valence electrons. The van der Waals surface area contributed by atoms with Crippen molar-refractivity contribution in [1.29, 1.82) is 0 Å². The van der Waals surface area contributed by atoms with Crippen molar-refractivity contribution in [1.82, 2.24) is 0 Å². The Hall–Kier alpha value is -6.00. The molecule has 3 nitrogen and oxygen atoms in total. The SMILES string of the molecule is Fc1c(F)c(F)c([N-]c2c(F)c(F)c(F)c(F)c2F)c(F)c1F.Fc1c(F)c(F)c([N-]c2c(F)c(F)c(F)c(F)c2F)c(F)c1F.Fc1c(F)c(F)c([N-]c2c(F)c(F)c(F)c(F)c2F)c(F)c1F.[Ce+3]. The zero-order valence-corrected chi connectivity index (χ0v) is 34.3. The summed E-state index contributed by atoms with van der Waals surface area (Å²) in [6.45, 7) is 0. The van der Waals surface area contributed by atoms with E-state index in [4.69, 9.17) is 0 Å². The number of benzene rings is 6. The van der Waals surface area contributed by atoms with Crippen molar-refractivity contribution in [2.75, 3.05) is 0 Å². The molecule has 0 aliphatic rings. The molecule has 70 heavy (non-hydrogen) atoms. The number of nitrogens with zero attached hydrogens (tertiary/aromatic N) is 3. The Labute approximate surface area is 396 Å². The summed E-state index contributed by atoms with van der Waals surface area (Å²) in [4.78, 5) is 0. The summed E-state index contributed by atoms with van der Waals surface area (Å²) in [6.07, 6.45) is 0. The first-order valence-corrected chi connectivity index (χ1v) is 16.0. The molecule has 6 aromatic rings. The van der Waals surface area contributed by atoms with Gasteiger partial charge in [-0.2, -0.15) is 0 Å². The Kier molecular flexibility index (Phi) is 18.3. The van der Waals surface area contributed by atoms with Crippen LogP contribution in [-0.2, 0) is 0 Å². The molecule has 0 bridgehead atoms. The Morgan fingerprint density at radius 2 is 0.171 bits per heavy atom. The van der Waals surface area contributed by atoms with Crippen LogP contribution >= 0.6 is 0 Å². The molecule has 0 atom stereocenters. The van der Waals surface area contributed by atoms with Crippen molar-refractivity contribution in [2.24, 2.45) is 0 Å². The molecule has 0 aromatic heterocycles. The molecule has 0 spiro atoms. The largest absolute Gasteiger partial charge is 3.00 e. The zero-order valence-electron chi connectivity index (χ0n) is 31.2. The van der Waals surface area contributed by atoms with E-state index in [1.807, 2.05) is 0 Å². The van der Waals surface area contributed by atoms with Crippen molar-refractivity contribution < 1.29 is 173 Å². The summed E-state index contributed by atoms with van der Waals surface area (Å²) in [5.41, 5.74) is -12.6. The van der Waals surface area contributed by atoms with Crippen LogP contribution in [0.5, 0.6) is 0 Å². The minimum atomic E-state index is -2.59. The second-order valence-electron chi connectivity index (χ2n) is 11.8. The molecule has 0 amide bonds. The summed E-state index contributed by atoms with van der Waals surface area (Å²) >= 11 is 0. The van der Waals surface area contributed by atoms with E-state index in [2.05, 4.69) is 16.0 Å². The van der Waals surface area contributed by atoms with E-state index in [0.717, 1.165) is 0 Å². The Bertz CT molecular complexity index is 2410. The number of hydrogen-bond acceptors (Lipinski definition) is 0. The summed E-state index contributed by atoms with van der Waals surface area (Å²) in [7, 11) is 0. The summed E-state index contributed by atoms with van der Waals surface area (Å²) in [5, 5.41) is 7.11. The van der Waals surface area contributed by atoms with Crippen LogP contribution in [-0.4, -0.2) is 0 Å². The summed E-state index contributed by atoms with van der Waals surface area (Å²) in [6, 6.07) is 0. The van der Waals surface area contributed by atoms with E-state index >= 15 is 0 Å². The van der Waals surface area contributed by atoms with Crippen LogP contribution in [0.2, 0.25) is 0 Å². The third-order valence-corrected chi connectivity index (χ3v) is 7.79. The van der Waals surface area contributed by atoms with Crippen LogP contribution < -0.4 is 0 Å². The maximum atomic E-state index is 13.3. The third-order valence-electron chi connectivity index (χ3n) is 7.79. The van der Waals surface area contributed by atoms with Crippen LogP contribution in [0, 0.1) is 216 Å². The fourth-order valence-electron chi connectivity index (χ4n) is 4.48. The fraction of sp³-hybridized carbons (Fsp3) is 0. The second-order valence-corrected chi connectivity index (χ2v) is 11.8. The zero-order chi connectivity index (χ0) is 52.9. The maximum Gasteiger partial charge on any atom is 3.00 e. The predicted molar refractivity (Wildman–Crippen MR) is 165 cm³/mol. The minimum absolute atomic E-state index is 0. The van der Waals surface area contributed by atoms with Crippen molar-refractivity contribution >= 4 is 34.1 Å². The van der Waals surface area contributed by atoms with Crippen molar-refractivity contribution in [3.63, 3.8) is 0 Å². The van der Waals surface area contributed by atoms with Gasteiger partial charge in [0.05, 0.1) is 0 Å². The first kappa shape index (κ1) is 58.3. The molecule has 0 aliphatic heterocycles. The van der Waals surface area contributed by atoms with Gasteiger partial charge in [-0.05, 0) is 0 Å². The van der Waals surface area contributed by atoms with Crippen LogP contribution in [0.3, 0.4) is 0 Å². The third kappa shape index (κ3) is 10.3. The average Bonchev–Trinajstić information content (AvgIpc) is 3.33. The van der Waals surface area contributed by atoms with Crippen LogP contribution in [0.4, 0.5) is 166 Å². The molecule has 0 fully saturated rings. The van der Waals surface area contributed by atoms with E-state index < -0.39 is 209 Å². The Morgan fingerprint density at radius 1 is 0.114 bits per heavy atom. The Balaban J connectivity index is 0.000000276. The first-order valence-electron chi connectivity index (χ1n) is 16.0. The molecule has 0 heterocycles. The van der Waals surface area contributed by atoms with Crippen LogP contribution in [0.25, 0.3) is 16.0 Å². The van der Waals surface area contributed by atoms with E-state index in [1.165, 1.54) is 0 Å². The summed E-state index contributed by atoms with van der Waals surface area (Å²) < 4.78 is 391. The molecule has 0 N–H and O–H groups in total. The van der Waals surface area contributed by atoms with Gasteiger partial charge in [0.2, 0.25) is 0 Å². The van der Waals surface area contributed by atoms with Crippen molar-refractivity contribution in [2.45, 2.75) is 0 Å². The van der Waals surface area contributed by atoms with Gasteiger partial charge in [-0.15, -0.1) is 0 Å². The molecule has 0 saturated carbocycles. The van der Waals surface area contributed by atoms with Gasteiger partial charge in [-0.3, -0.25) is 0 Å². The smallest absolute Gasteiger partial charge is 0.648 e. The molecule has 6 aromatic carbocycles. The van der Waals surface area contributed by atoms with Gasteiger partial charge < -0.3 is 16.0 Å². The van der Waals surface area contributed by atoms with Gasteiger partial charge in [0.25, 0.3) is 0 Å². The molecule has 6 rings (SSSR count). The second kappa shape index (κ2) is 22.0. The topological polar surface area (TPSA) is 42.3 Å². The number of halogens is 30. The predicted octanol–water partition coefficient (Wildman–Crippen LogP) is 16.2. The molecule has 1 radical (unpaired) electrons. The maximum absolute atomic E-state index is 13.3. The minimum Gasteiger partial charge on any atom is -0.648 e. The van der Waals surface area contributed by atoms with Gasteiger partial charge in [-0.1, -0.05) is 34.1 Å². The van der Waals surface area contributed by atoms with Crippen molar-refractivity contribution in [3.05, 3.63) is 190 Å². The molecule has 0 unspecified atom stereocenters. The molecule has 0 saturated heterocycles. The molecule has 34 heteroatoms. The van der Waals surface area contributed by atoms with E-state index in [9.17, 15) is 132 Å². The molecule has 0 aliphatic carbocycles. The molecular formula is C36CeF30N3. The van der Waals surface area contributed by atoms with Crippen LogP contribution in [0.1, 0.15) is 0 Å². The summed E-state index contributed by atoms with van der Waals surface area (Å²) in [5.74, 6) is -76.9. The van der Waals surface area contributed by atoms with E-state index in [-0.39, 0.29) is 41.7 Å². The fourth-order valence-corrected chi connectivity index (χ4v) is 4.48. The van der Waals surface area contributed by atoms with Gasteiger partial charge in [0.1, 0.15) is 69.8 Å². The van der Waals surface area contributed by atoms with E-state index in [1.54, 1.807) is 0 Å². The standard InChI is InChI=1S/3C12F10N.Ce/c3*13-1-3(15)7(19)11(8(20)4(1)16)23-12-9(21)5(17)2(14)6(18)10(12)22;/q3*-1;+3. The van der Waals surface area contributed by atoms with Crippen LogP contribution in [0.15, 0.2) is 0 Å². The van der Waals surface area contributed by atoms with Gasteiger partial charge >= 0.3 is 41.7 Å². The normalized spacial score (nSPS) is 10.9. The van der Waals surface area contributed by atoms with Crippen molar-refractivity contribution in [3.8, 4) is 0 Å². The monoisotopic (exact) mass is 1180 g/mol. The molecular weight excluding hydrogens is 1180 g/mol. The number of rotatable bonds is 6. The van der Waals surface area contributed by atoms with E-state index in [0.29, 0.717) is 0 Å². The van der Waals surface area contributed by atoms with Gasteiger partial charge in [0, 0.05) is 0 Å². The average molecular weight is 1180 g/mol. The van der Waals surface area contributed by atoms with Gasteiger partial charge in [0.15, 0.2) is 105 Å².